The summed E-state index contributed by atoms with van der Waals surface area (Å²) < 4.78 is 0. The molecule has 1 fully saturated rings. The van der Waals surface area contributed by atoms with Gasteiger partial charge in [0.25, 0.3) is 11.6 Å². The first-order valence-corrected chi connectivity index (χ1v) is 10.0. The Morgan fingerprint density at radius 1 is 1.03 bits per heavy atom. The largest absolute Gasteiger partial charge is 0.348 e. The van der Waals surface area contributed by atoms with Gasteiger partial charge < -0.3 is 10.2 Å². The summed E-state index contributed by atoms with van der Waals surface area (Å²) in [5.74, 6) is -0.294. The maximum Gasteiger partial charge on any atom is 0.273 e. The summed E-state index contributed by atoms with van der Waals surface area (Å²) in [5, 5.41) is 14.0. The number of amides is 1. The molecule has 1 saturated heterocycles. The van der Waals surface area contributed by atoms with Gasteiger partial charge in [0, 0.05) is 56.5 Å². The fourth-order valence-corrected chi connectivity index (χ4v) is 3.73. The van der Waals surface area contributed by atoms with Gasteiger partial charge in [0.2, 0.25) is 0 Å². The minimum absolute atomic E-state index is 0.0377. The smallest absolute Gasteiger partial charge is 0.273 e. The molecule has 0 bridgehead atoms. The minimum Gasteiger partial charge on any atom is -0.348 e. The number of nitro benzene ring substituents is 1. The van der Waals surface area contributed by atoms with Gasteiger partial charge in [-0.05, 0) is 30.7 Å². The van der Waals surface area contributed by atoms with Gasteiger partial charge in [0.05, 0.1) is 4.92 Å². The van der Waals surface area contributed by atoms with Gasteiger partial charge in [-0.25, -0.2) is 0 Å². The standard InChI is InChI=1S/C22H28N4O3/c1-3-24-11-13-25(14-12-24)16-19-8-5-4-7-18(19)15-23-22(27)20-9-6-10-21(17(20)2)26(28)29/h4-10H,3,11-16H2,1-2H3,(H,23,27). The van der Waals surface area contributed by atoms with E-state index in [-0.39, 0.29) is 11.6 Å². The monoisotopic (exact) mass is 396 g/mol. The molecular weight excluding hydrogens is 368 g/mol. The first-order chi connectivity index (χ1) is 14.0. The number of nitrogens with one attached hydrogen (secondary N) is 1. The van der Waals surface area contributed by atoms with Crippen LogP contribution < -0.4 is 5.32 Å². The molecule has 0 aliphatic carbocycles. The molecule has 7 nitrogen and oxygen atoms in total. The molecule has 0 atom stereocenters. The lowest BCUT2D eigenvalue weighted by molar-refractivity contribution is -0.385. The van der Waals surface area contributed by atoms with E-state index < -0.39 is 4.92 Å². The Morgan fingerprint density at radius 3 is 2.34 bits per heavy atom. The normalized spacial score (nSPS) is 15.2. The molecule has 1 amide bonds. The van der Waals surface area contributed by atoms with E-state index in [0.29, 0.717) is 17.7 Å². The van der Waals surface area contributed by atoms with Crippen molar-refractivity contribution in [1.82, 2.24) is 15.1 Å². The third-order valence-corrected chi connectivity index (χ3v) is 5.61. The SMILES string of the molecule is CCN1CCN(Cc2ccccc2CNC(=O)c2cccc([N+](=O)[O-])c2C)CC1. The van der Waals surface area contributed by atoms with Crippen LogP contribution in [-0.4, -0.2) is 53.4 Å². The predicted octanol–water partition coefficient (Wildman–Crippen LogP) is 2.97. The second kappa shape index (κ2) is 9.62. The highest BCUT2D eigenvalue weighted by molar-refractivity contribution is 5.96. The highest BCUT2D eigenvalue weighted by Gasteiger charge is 2.19. The van der Waals surface area contributed by atoms with Crippen LogP contribution in [0.2, 0.25) is 0 Å². The van der Waals surface area contributed by atoms with Crippen LogP contribution in [0.5, 0.6) is 0 Å². The quantitative estimate of drug-likeness (QED) is 0.575. The van der Waals surface area contributed by atoms with Gasteiger partial charge in [0.15, 0.2) is 0 Å². The molecule has 2 aromatic carbocycles. The number of carbonyl (C=O) groups is 1. The van der Waals surface area contributed by atoms with Gasteiger partial charge in [0.1, 0.15) is 0 Å². The maximum atomic E-state index is 12.6. The predicted molar refractivity (Wildman–Crippen MR) is 113 cm³/mol. The van der Waals surface area contributed by atoms with Gasteiger partial charge in [-0.2, -0.15) is 0 Å². The van der Waals surface area contributed by atoms with Crippen LogP contribution in [0, 0.1) is 17.0 Å². The zero-order chi connectivity index (χ0) is 20.8. The van der Waals surface area contributed by atoms with Gasteiger partial charge in [-0.3, -0.25) is 19.8 Å². The van der Waals surface area contributed by atoms with E-state index in [4.69, 9.17) is 0 Å². The van der Waals surface area contributed by atoms with Crippen molar-refractivity contribution in [3.05, 3.63) is 74.8 Å². The molecule has 1 aliphatic heterocycles. The van der Waals surface area contributed by atoms with Crippen molar-refractivity contribution in [1.29, 1.82) is 0 Å². The van der Waals surface area contributed by atoms with Crippen LogP contribution in [0.4, 0.5) is 5.69 Å². The van der Waals surface area contributed by atoms with Gasteiger partial charge >= 0.3 is 0 Å². The first kappa shape index (κ1) is 21.0. The summed E-state index contributed by atoms with van der Waals surface area (Å²) in [6.45, 7) is 10.4. The number of piperazine rings is 1. The summed E-state index contributed by atoms with van der Waals surface area (Å²) in [6.07, 6.45) is 0. The molecular formula is C22H28N4O3. The van der Waals surface area contributed by atoms with E-state index in [1.165, 1.54) is 11.6 Å². The molecule has 3 rings (SSSR count). The fraction of sp³-hybridized carbons (Fsp3) is 0.409. The van der Waals surface area contributed by atoms with Crippen molar-refractivity contribution >= 4 is 11.6 Å². The molecule has 29 heavy (non-hydrogen) atoms. The molecule has 1 aliphatic rings. The zero-order valence-electron chi connectivity index (χ0n) is 17.1. The summed E-state index contributed by atoms with van der Waals surface area (Å²) in [5.41, 5.74) is 2.96. The second-order valence-electron chi connectivity index (χ2n) is 7.37. The van der Waals surface area contributed by atoms with Crippen LogP contribution in [0.1, 0.15) is 34.0 Å². The molecule has 0 radical (unpaired) electrons. The molecule has 1 heterocycles. The number of hydrogen-bond donors (Lipinski definition) is 1. The van der Waals surface area contributed by atoms with Crippen molar-refractivity contribution in [2.45, 2.75) is 26.9 Å². The number of nitro groups is 1. The number of benzene rings is 2. The number of rotatable bonds is 7. The van der Waals surface area contributed by atoms with Crippen molar-refractivity contribution in [3.63, 3.8) is 0 Å². The molecule has 0 saturated carbocycles. The molecule has 1 N–H and O–H groups in total. The topological polar surface area (TPSA) is 78.7 Å². The lowest BCUT2D eigenvalue weighted by Crippen LogP contribution is -2.45. The number of hydrogen-bond acceptors (Lipinski definition) is 5. The van der Waals surface area contributed by atoms with Crippen LogP contribution in [-0.2, 0) is 13.1 Å². The Bertz CT molecular complexity index is 876. The molecule has 0 unspecified atom stereocenters. The lowest BCUT2D eigenvalue weighted by Gasteiger charge is -2.34. The van der Waals surface area contributed by atoms with E-state index in [0.717, 1.165) is 44.8 Å². The molecule has 0 spiro atoms. The van der Waals surface area contributed by atoms with Crippen molar-refractivity contribution in [2.75, 3.05) is 32.7 Å². The van der Waals surface area contributed by atoms with Crippen molar-refractivity contribution in [2.24, 2.45) is 0 Å². The Morgan fingerprint density at radius 2 is 1.69 bits per heavy atom. The average molecular weight is 396 g/mol. The molecule has 0 aromatic heterocycles. The molecule has 7 heteroatoms. The van der Waals surface area contributed by atoms with Crippen molar-refractivity contribution in [3.8, 4) is 0 Å². The molecule has 154 valence electrons. The van der Waals surface area contributed by atoms with E-state index in [9.17, 15) is 14.9 Å². The Kier molecular flexibility index (Phi) is 6.95. The lowest BCUT2D eigenvalue weighted by atomic mass is 10.0. The summed E-state index contributed by atoms with van der Waals surface area (Å²) in [6, 6.07) is 12.7. The number of likely N-dealkylation sites (N-methyl/N-ethyl adjacent to an activating group) is 1. The second-order valence-corrected chi connectivity index (χ2v) is 7.37. The summed E-state index contributed by atoms with van der Waals surface area (Å²) in [7, 11) is 0. The summed E-state index contributed by atoms with van der Waals surface area (Å²) in [4.78, 5) is 28.2. The Labute approximate surface area is 171 Å². The van der Waals surface area contributed by atoms with Crippen LogP contribution >= 0.6 is 0 Å². The maximum absolute atomic E-state index is 12.6. The van der Waals surface area contributed by atoms with E-state index in [2.05, 4.69) is 28.1 Å². The van der Waals surface area contributed by atoms with Crippen LogP contribution in [0.15, 0.2) is 42.5 Å². The Hall–Kier alpha value is -2.77. The van der Waals surface area contributed by atoms with Crippen LogP contribution in [0.25, 0.3) is 0 Å². The molecule has 2 aromatic rings. The number of nitrogens with zero attached hydrogens (tertiary/aromatic N) is 3. The van der Waals surface area contributed by atoms with Gasteiger partial charge in [-0.1, -0.05) is 37.3 Å². The third-order valence-electron chi connectivity index (χ3n) is 5.61. The highest BCUT2D eigenvalue weighted by atomic mass is 16.6. The van der Waals surface area contributed by atoms with E-state index in [1.807, 2.05) is 18.2 Å². The summed E-state index contributed by atoms with van der Waals surface area (Å²) >= 11 is 0. The number of carbonyl (C=O) groups excluding carboxylic acids is 1. The zero-order valence-corrected chi connectivity index (χ0v) is 17.1. The Balaban J connectivity index is 1.65. The van der Waals surface area contributed by atoms with Crippen molar-refractivity contribution < 1.29 is 9.72 Å². The third kappa shape index (κ3) is 5.19. The minimum atomic E-state index is -0.459. The van der Waals surface area contributed by atoms with E-state index in [1.54, 1.807) is 19.1 Å². The van der Waals surface area contributed by atoms with Gasteiger partial charge in [-0.15, -0.1) is 0 Å². The average Bonchev–Trinajstić information content (AvgIpc) is 2.73. The van der Waals surface area contributed by atoms with E-state index >= 15 is 0 Å². The first-order valence-electron chi connectivity index (χ1n) is 10.0. The highest BCUT2D eigenvalue weighted by Crippen LogP contribution is 2.21. The van der Waals surface area contributed by atoms with Crippen LogP contribution in [0.3, 0.4) is 0 Å². The fourth-order valence-electron chi connectivity index (χ4n) is 3.73.